The number of hydrogen-bond acceptors (Lipinski definition) is 5. The van der Waals surface area contributed by atoms with Crippen molar-refractivity contribution in [2.24, 2.45) is 0 Å². The second kappa shape index (κ2) is 10.9. The van der Waals surface area contributed by atoms with E-state index in [1.54, 1.807) is 30.3 Å². The summed E-state index contributed by atoms with van der Waals surface area (Å²) in [5.41, 5.74) is 1.38. The van der Waals surface area contributed by atoms with Crippen LogP contribution in [-0.4, -0.2) is 19.3 Å². The van der Waals surface area contributed by atoms with E-state index in [0.717, 1.165) is 5.56 Å². The van der Waals surface area contributed by atoms with Gasteiger partial charge in [0.05, 0.1) is 33.1 Å². The smallest absolute Gasteiger partial charge is 0.261 e. The van der Waals surface area contributed by atoms with Gasteiger partial charge in [0.2, 0.25) is 0 Å². The molecule has 184 valence electrons. The number of aryl methyl sites for hydroxylation is 1. The third kappa shape index (κ3) is 6.17. The summed E-state index contributed by atoms with van der Waals surface area (Å²) in [6.45, 7) is 1.83. The van der Waals surface area contributed by atoms with Gasteiger partial charge in [-0.3, -0.25) is 9.52 Å². The summed E-state index contributed by atoms with van der Waals surface area (Å²) in [7, 11) is -4.04. The maximum atomic E-state index is 13.1. The number of rotatable bonds is 7. The molecule has 0 aliphatic carbocycles. The van der Waals surface area contributed by atoms with Crippen LogP contribution in [0.1, 0.15) is 15.9 Å². The number of hydrogen-bond donors (Lipinski definition) is 2. The molecule has 36 heavy (non-hydrogen) atoms. The summed E-state index contributed by atoms with van der Waals surface area (Å²) in [4.78, 5) is 17.1. The molecule has 0 spiro atoms. The third-order valence-electron chi connectivity index (χ3n) is 4.94. The van der Waals surface area contributed by atoms with Gasteiger partial charge in [-0.05, 0) is 89.1 Å². The maximum Gasteiger partial charge on any atom is 0.261 e. The molecule has 1 aromatic heterocycles. The fraction of sp³-hybridized carbons (Fsp3) is 0.0400. The van der Waals surface area contributed by atoms with Crippen LogP contribution in [0.2, 0.25) is 10.0 Å². The van der Waals surface area contributed by atoms with Gasteiger partial charge in [0, 0.05) is 5.02 Å². The van der Waals surface area contributed by atoms with Crippen LogP contribution in [0.3, 0.4) is 0 Å². The number of pyridine rings is 1. The molecular formula is C25H18BrCl2N3O4S. The lowest BCUT2D eigenvalue weighted by Crippen LogP contribution is -2.19. The number of anilines is 2. The normalized spacial score (nSPS) is 11.1. The quantitative estimate of drug-likeness (QED) is 0.215. The summed E-state index contributed by atoms with van der Waals surface area (Å²) in [6, 6.07) is 18.8. The van der Waals surface area contributed by atoms with Crippen LogP contribution >= 0.6 is 39.1 Å². The van der Waals surface area contributed by atoms with Crippen LogP contribution in [0.15, 0.2) is 88.5 Å². The second-order valence-electron chi connectivity index (χ2n) is 7.59. The van der Waals surface area contributed by atoms with Crippen LogP contribution in [0, 0.1) is 6.92 Å². The van der Waals surface area contributed by atoms with Gasteiger partial charge in [-0.15, -0.1) is 0 Å². The van der Waals surface area contributed by atoms with Gasteiger partial charge in [0.1, 0.15) is 16.1 Å². The van der Waals surface area contributed by atoms with E-state index in [-0.39, 0.29) is 21.2 Å². The number of halogens is 3. The molecule has 4 rings (SSSR count). The second-order valence-corrected chi connectivity index (χ2v) is 10.9. The average Bonchev–Trinajstić information content (AvgIpc) is 2.84. The number of aromatic nitrogens is 1. The van der Waals surface area contributed by atoms with Crippen LogP contribution in [0.25, 0.3) is 0 Å². The first-order chi connectivity index (χ1) is 17.1. The molecule has 0 fully saturated rings. The number of benzene rings is 3. The Bertz CT molecular complexity index is 1550. The summed E-state index contributed by atoms with van der Waals surface area (Å²) >= 11 is 15.5. The summed E-state index contributed by atoms with van der Waals surface area (Å²) < 4.78 is 35.0. The zero-order valence-corrected chi connectivity index (χ0v) is 22.5. The largest absolute Gasteiger partial charge is 0.456 e. The highest BCUT2D eigenvalue weighted by molar-refractivity contribution is 9.10. The molecule has 3 aromatic carbocycles. The lowest BCUT2D eigenvalue weighted by atomic mass is 10.1. The molecule has 7 nitrogen and oxygen atoms in total. The molecule has 0 aliphatic heterocycles. The lowest BCUT2D eigenvalue weighted by molar-refractivity contribution is 0.102. The molecule has 0 atom stereocenters. The fourth-order valence-electron chi connectivity index (χ4n) is 3.16. The van der Waals surface area contributed by atoms with Crippen molar-refractivity contribution in [1.82, 2.24) is 4.98 Å². The minimum absolute atomic E-state index is 0.0250. The predicted octanol–water partition coefficient (Wildman–Crippen LogP) is 7.30. The zero-order valence-electron chi connectivity index (χ0n) is 18.6. The molecule has 0 saturated carbocycles. The van der Waals surface area contributed by atoms with Crippen LogP contribution in [0.4, 0.5) is 11.4 Å². The molecule has 1 heterocycles. The van der Waals surface area contributed by atoms with E-state index in [2.05, 4.69) is 31.0 Å². The molecule has 0 saturated heterocycles. The Labute approximate surface area is 226 Å². The summed E-state index contributed by atoms with van der Waals surface area (Å²) in [5.74, 6) is 0.301. The van der Waals surface area contributed by atoms with Crippen molar-refractivity contribution in [2.75, 3.05) is 10.0 Å². The Balaban J connectivity index is 1.55. The highest BCUT2D eigenvalue weighted by Gasteiger charge is 2.20. The Morgan fingerprint density at radius 1 is 1.00 bits per heavy atom. The number of para-hydroxylation sites is 1. The zero-order chi connectivity index (χ0) is 25.9. The topological polar surface area (TPSA) is 97.4 Å². The van der Waals surface area contributed by atoms with Crippen molar-refractivity contribution in [3.05, 3.63) is 105 Å². The van der Waals surface area contributed by atoms with Crippen molar-refractivity contribution in [3.63, 3.8) is 0 Å². The van der Waals surface area contributed by atoms with Crippen LogP contribution in [0.5, 0.6) is 11.5 Å². The van der Waals surface area contributed by atoms with Crippen molar-refractivity contribution < 1.29 is 17.9 Å². The van der Waals surface area contributed by atoms with Gasteiger partial charge < -0.3 is 10.1 Å². The van der Waals surface area contributed by atoms with Crippen molar-refractivity contribution in [3.8, 4) is 11.5 Å². The molecule has 0 bridgehead atoms. The molecule has 0 aliphatic rings. The summed E-state index contributed by atoms with van der Waals surface area (Å²) in [5, 5.41) is 3.41. The number of carbonyl (C=O) groups is 1. The van der Waals surface area contributed by atoms with Crippen molar-refractivity contribution in [1.29, 1.82) is 0 Å². The van der Waals surface area contributed by atoms with Gasteiger partial charge in [-0.1, -0.05) is 35.3 Å². The van der Waals surface area contributed by atoms with Gasteiger partial charge in [-0.25, -0.2) is 13.4 Å². The van der Waals surface area contributed by atoms with Gasteiger partial charge in [0.25, 0.3) is 15.9 Å². The van der Waals surface area contributed by atoms with Gasteiger partial charge in [-0.2, -0.15) is 0 Å². The Hall–Kier alpha value is -3.11. The van der Waals surface area contributed by atoms with Crippen molar-refractivity contribution >= 4 is 66.4 Å². The average molecular weight is 607 g/mol. The van der Waals surface area contributed by atoms with Crippen LogP contribution in [-0.2, 0) is 10.0 Å². The number of amides is 1. The lowest BCUT2D eigenvalue weighted by Gasteiger charge is -2.14. The third-order valence-corrected chi connectivity index (χ3v) is 7.70. The highest BCUT2D eigenvalue weighted by atomic mass is 79.9. The number of nitrogens with zero attached hydrogens (tertiary/aromatic N) is 1. The Morgan fingerprint density at radius 2 is 1.72 bits per heavy atom. The minimum atomic E-state index is -4.04. The number of nitrogens with one attached hydrogen (secondary N) is 2. The van der Waals surface area contributed by atoms with E-state index in [0.29, 0.717) is 26.8 Å². The first-order valence-electron chi connectivity index (χ1n) is 10.4. The monoisotopic (exact) mass is 605 g/mol. The first-order valence-corrected chi connectivity index (χ1v) is 13.4. The van der Waals surface area contributed by atoms with E-state index in [4.69, 9.17) is 27.9 Å². The van der Waals surface area contributed by atoms with E-state index in [1.807, 2.05) is 6.92 Å². The predicted molar refractivity (Wildman–Crippen MR) is 145 cm³/mol. The summed E-state index contributed by atoms with van der Waals surface area (Å²) in [6.07, 6.45) is 1.48. The number of carbonyl (C=O) groups excluding carboxylic acids is 1. The molecule has 2 N–H and O–H groups in total. The van der Waals surface area contributed by atoms with Gasteiger partial charge in [0.15, 0.2) is 0 Å². The van der Waals surface area contributed by atoms with E-state index < -0.39 is 15.9 Å². The number of ether oxygens (including phenoxy) is 1. The van der Waals surface area contributed by atoms with E-state index in [1.165, 1.54) is 48.7 Å². The molecule has 4 aromatic rings. The maximum absolute atomic E-state index is 13.1. The highest BCUT2D eigenvalue weighted by Crippen LogP contribution is 2.30. The van der Waals surface area contributed by atoms with E-state index in [9.17, 15) is 13.2 Å². The molecule has 11 heteroatoms. The Kier molecular flexibility index (Phi) is 7.85. The van der Waals surface area contributed by atoms with E-state index >= 15 is 0 Å². The Morgan fingerprint density at radius 3 is 2.42 bits per heavy atom. The first kappa shape index (κ1) is 26.0. The molecule has 0 unspecified atom stereocenters. The standard InChI is InChI=1S/C25H18BrCl2N3O4S/c1-15-12-17(14-29-24(15)26)30-25(32)20-13-16(27)6-11-22(20)31-36(33,34)19-9-7-18(8-10-19)35-23-5-3-2-4-21(23)28/h2-14,31H,1H3,(H,30,32). The van der Waals surface area contributed by atoms with Gasteiger partial charge >= 0.3 is 0 Å². The number of sulfonamides is 1. The molecule has 1 amide bonds. The molecular weight excluding hydrogens is 589 g/mol. The van der Waals surface area contributed by atoms with Crippen molar-refractivity contribution in [2.45, 2.75) is 11.8 Å². The fourth-order valence-corrected chi connectivity index (χ4v) is 4.81. The minimum Gasteiger partial charge on any atom is -0.456 e. The van der Waals surface area contributed by atoms with Crippen LogP contribution < -0.4 is 14.8 Å². The molecule has 0 radical (unpaired) electrons. The SMILES string of the molecule is Cc1cc(NC(=O)c2cc(Cl)ccc2NS(=O)(=O)c2ccc(Oc3ccccc3Cl)cc2)cnc1Br.